The zero-order valence-corrected chi connectivity index (χ0v) is 11.8. The molecule has 0 aliphatic rings. The molecule has 5 heteroatoms. The van der Waals surface area contributed by atoms with Gasteiger partial charge in [0.2, 0.25) is 0 Å². The van der Waals surface area contributed by atoms with Gasteiger partial charge in [-0.3, -0.25) is 14.6 Å². The number of aliphatic carboxylic acids is 1. The van der Waals surface area contributed by atoms with E-state index in [1.54, 1.807) is 24.0 Å². The molecule has 0 aliphatic carbocycles. The van der Waals surface area contributed by atoms with Crippen LogP contribution in [-0.2, 0) is 4.79 Å². The number of rotatable bonds is 5. The number of carbonyl (C=O) groups is 2. The molecule has 0 saturated heterocycles. The summed E-state index contributed by atoms with van der Waals surface area (Å²) < 4.78 is 0. The van der Waals surface area contributed by atoms with Crippen LogP contribution in [-0.4, -0.2) is 39.5 Å². The maximum atomic E-state index is 12.4. The molecule has 0 radical (unpaired) electrons. The molecule has 0 bridgehead atoms. The summed E-state index contributed by atoms with van der Waals surface area (Å²) in [6, 6.07) is 3.49. The number of nitrogens with zero attached hydrogens (tertiary/aromatic N) is 2. The predicted molar refractivity (Wildman–Crippen MR) is 72.1 cm³/mol. The molecule has 1 amide bonds. The number of aromatic nitrogens is 1. The highest BCUT2D eigenvalue weighted by Gasteiger charge is 2.21. The van der Waals surface area contributed by atoms with Gasteiger partial charge in [0.25, 0.3) is 5.91 Å². The minimum absolute atomic E-state index is 0.0486. The van der Waals surface area contributed by atoms with E-state index in [0.717, 1.165) is 5.69 Å². The summed E-state index contributed by atoms with van der Waals surface area (Å²) >= 11 is 0. The van der Waals surface area contributed by atoms with Crippen LogP contribution in [0.15, 0.2) is 12.1 Å². The molecule has 0 spiro atoms. The second-order valence-corrected chi connectivity index (χ2v) is 4.82. The van der Waals surface area contributed by atoms with Crippen molar-refractivity contribution < 1.29 is 14.7 Å². The van der Waals surface area contributed by atoms with Crippen molar-refractivity contribution in [2.45, 2.75) is 40.2 Å². The van der Waals surface area contributed by atoms with E-state index < -0.39 is 5.97 Å². The monoisotopic (exact) mass is 264 g/mol. The van der Waals surface area contributed by atoms with Gasteiger partial charge >= 0.3 is 5.97 Å². The first-order valence-corrected chi connectivity index (χ1v) is 6.30. The number of hydrogen-bond donors (Lipinski definition) is 1. The van der Waals surface area contributed by atoms with Crippen molar-refractivity contribution >= 4 is 11.9 Å². The second kappa shape index (κ2) is 6.31. The van der Waals surface area contributed by atoms with Crippen LogP contribution in [0.2, 0.25) is 0 Å². The highest BCUT2D eigenvalue weighted by Crippen LogP contribution is 2.13. The lowest BCUT2D eigenvalue weighted by atomic mass is 10.1. The molecule has 19 heavy (non-hydrogen) atoms. The van der Waals surface area contributed by atoms with Crippen LogP contribution < -0.4 is 0 Å². The van der Waals surface area contributed by atoms with Crippen molar-refractivity contribution in [2.24, 2.45) is 0 Å². The van der Waals surface area contributed by atoms with Gasteiger partial charge in [0.05, 0.1) is 17.7 Å². The smallest absolute Gasteiger partial charge is 0.305 e. The summed E-state index contributed by atoms with van der Waals surface area (Å²) in [5, 5.41) is 8.74. The SMILES string of the molecule is Cc1ccc(C(=O)N(CCC(=O)O)C(C)C)c(C)n1. The van der Waals surface area contributed by atoms with E-state index in [9.17, 15) is 9.59 Å². The molecular weight excluding hydrogens is 244 g/mol. The van der Waals surface area contributed by atoms with Crippen LogP contribution in [0.4, 0.5) is 0 Å². The lowest BCUT2D eigenvalue weighted by Gasteiger charge is -2.26. The number of pyridine rings is 1. The summed E-state index contributed by atoms with van der Waals surface area (Å²) in [4.78, 5) is 28.9. The van der Waals surface area contributed by atoms with E-state index in [2.05, 4.69) is 4.98 Å². The van der Waals surface area contributed by atoms with Gasteiger partial charge in [-0.05, 0) is 39.8 Å². The van der Waals surface area contributed by atoms with Crippen molar-refractivity contribution in [1.82, 2.24) is 9.88 Å². The van der Waals surface area contributed by atoms with Crippen LogP contribution in [0.1, 0.15) is 42.0 Å². The molecule has 1 heterocycles. The predicted octanol–water partition coefficient (Wildman–Crippen LogP) is 2.02. The standard InChI is InChI=1S/C14H20N2O3/c1-9(2)16(8-7-13(17)18)14(19)12-6-5-10(3)15-11(12)4/h5-6,9H,7-8H2,1-4H3,(H,17,18). The lowest BCUT2D eigenvalue weighted by Crippen LogP contribution is -2.39. The summed E-state index contributed by atoms with van der Waals surface area (Å²) in [5.41, 5.74) is 2.06. The van der Waals surface area contributed by atoms with Crippen LogP contribution in [0.5, 0.6) is 0 Å². The molecule has 0 fully saturated rings. The Morgan fingerprint density at radius 1 is 1.32 bits per heavy atom. The molecule has 0 aliphatic heterocycles. The molecule has 0 saturated carbocycles. The molecule has 1 aromatic heterocycles. The molecule has 1 N–H and O–H groups in total. The third kappa shape index (κ3) is 4.05. The minimum Gasteiger partial charge on any atom is -0.481 e. The third-order valence-corrected chi connectivity index (χ3v) is 2.91. The van der Waals surface area contributed by atoms with Gasteiger partial charge in [0.1, 0.15) is 0 Å². The highest BCUT2D eigenvalue weighted by molar-refractivity contribution is 5.95. The van der Waals surface area contributed by atoms with Gasteiger partial charge in [0, 0.05) is 18.3 Å². The van der Waals surface area contributed by atoms with Crippen LogP contribution >= 0.6 is 0 Å². The Kier molecular flexibility index (Phi) is 5.03. The fourth-order valence-corrected chi connectivity index (χ4v) is 1.88. The first-order valence-electron chi connectivity index (χ1n) is 6.30. The van der Waals surface area contributed by atoms with Gasteiger partial charge in [-0.1, -0.05) is 0 Å². The number of hydrogen-bond acceptors (Lipinski definition) is 3. The molecular formula is C14H20N2O3. The van der Waals surface area contributed by atoms with E-state index in [-0.39, 0.29) is 24.9 Å². The highest BCUT2D eigenvalue weighted by atomic mass is 16.4. The molecule has 0 unspecified atom stereocenters. The Labute approximate surface area is 113 Å². The average Bonchev–Trinajstić information content (AvgIpc) is 2.27. The van der Waals surface area contributed by atoms with Crippen molar-refractivity contribution in [3.05, 3.63) is 29.1 Å². The average molecular weight is 264 g/mol. The quantitative estimate of drug-likeness (QED) is 0.883. The van der Waals surface area contributed by atoms with Crippen molar-refractivity contribution in [3.8, 4) is 0 Å². The first kappa shape index (κ1) is 15.1. The Morgan fingerprint density at radius 2 is 1.95 bits per heavy atom. The van der Waals surface area contributed by atoms with Gasteiger partial charge in [-0.2, -0.15) is 0 Å². The van der Waals surface area contributed by atoms with E-state index >= 15 is 0 Å². The Hall–Kier alpha value is -1.91. The molecule has 104 valence electrons. The zero-order valence-electron chi connectivity index (χ0n) is 11.8. The Balaban J connectivity index is 2.95. The Bertz CT molecular complexity index is 484. The minimum atomic E-state index is -0.905. The number of aryl methyl sites for hydroxylation is 2. The van der Waals surface area contributed by atoms with Crippen LogP contribution in [0, 0.1) is 13.8 Å². The topological polar surface area (TPSA) is 70.5 Å². The molecule has 5 nitrogen and oxygen atoms in total. The van der Waals surface area contributed by atoms with Crippen molar-refractivity contribution in [3.63, 3.8) is 0 Å². The van der Waals surface area contributed by atoms with E-state index in [1.165, 1.54) is 0 Å². The van der Waals surface area contributed by atoms with E-state index in [1.807, 2.05) is 20.8 Å². The van der Waals surface area contributed by atoms with Gasteiger partial charge < -0.3 is 10.0 Å². The van der Waals surface area contributed by atoms with Gasteiger partial charge in [0.15, 0.2) is 0 Å². The first-order chi connectivity index (χ1) is 8.82. The van der Waals surface area contributed by atoms with Crippen molar-refractivity contribution in [2.75, 3.05) is 6.54 Å². The van der Waals surface area contributed by atoms with Crippen molar-refractivity contribution in [1.29, 1.82) is 0 Å². The zero-order chi connectivity index (χ0) is 14.6. The summed E-state index contributed by atoms with van der Waals surface area (Å²) in [7, 11) is 0. The summed E-state index contributed by atoms with van der Waals surface area (Å²) in [5.74, 6) is -1.07. The van der Waals surface area contributed by atoms with Gasteiger partial charge in [-0.15, -0.1) is 0 Å². The number of amides is 1. The maximum absolute atomic E-state index is 12.4. The summed E-state index contributed by atoms with van der Waals surface area (Å²) in [6.45, 7) is 7.61. The molecule has 1 aromatic rings. The lowest BCUT2D eigenvalue weighted by molar-refractivity contribution is -0.137. The Morgan fingerprint density at radius 3 is 2.42 bits per heavy atom. The molecule has 0 aromatic carbocycles. The number of carboxylic acid groups (broad SMARTS) is 1. The van der Waals surface area contributed by atoms with Crippen LogP contribution in [0.25, 0.3) is 0 Å². The van der Waals surface area contributed by atoms with Crippen LogP contribution in [0.3, 0.4) is 0 Å². The second-order valence-electron chi connectivity index (χ2n) is 4.82. The fraction of sp³-hybridized carbons (Fsp3) is 0.500. The fourth-order valence-electron chi connectivity index (χ4n) is 1.88. The number of carbonyl (C=O) groups excluding carboxylic acids is 1. The summed E-state index contributed by atoms with van der Waals surface area (Å²) in [6.07, 6.45) is -0.0533. The number of carboxylic acids is 1. The normalized spacial score (nSPS) is 10.6. The van der Waals surface area contributed by atoms with Gasteiger partial charge in [-0.25, -0.2) is 0 Å². The van der Waals surface area contributed by atoms with E-state index in [4.69, 9.17) is 5.11 Å². The molecule has 1 rings (SSSR count). The maximum Gasteiger partial charge on any atom is 0.305 e. The molecule has 0 atom stereocenters. The van der Waals surface area contributed by atoms with E-state index in [0.29, 0.717) is 11.3 Å². The largest absolute Gasteiger partial charge is 0.481 e. The third-order valence-electron chi connectivity index (χ3n) is 2.91.